The van der Waals surface area contributed by atoms with Crippen LogP contribution in [0, 0.1) is 0 Å². The molecule has 1 aromatic carbocycles. The summed E-state index contributed by atoms with van der Waals surface area (Å²) in [7, 11) is 0. The van der Waals surface area contributed by atoms with Crippen molar-refractivity contribution in [3.63, 3.8) is 0 Å². The van der Waals surface area contributed by atoms with E-state index in [1.807, 2.05) is 6.07 Å². The average molecular weight is 343 g/mol. The summed E-state index contributed by atoms with van der Waals surface area (Å²) < 4.78 is 17.4. The fraction of sp³-hybridized carbons (Fsp3) is 0.533. The van der Waals surface area contributed by atoms with E-state index in [1.54, 1.807) is 19.9 Å². The van der Waals surface area contributed by atoms with Crippen LogP contribution in [-0.4, -0.2) is 18.4 Å². The van der Waals surface area contributed by atoms with Gasteiger partial charge < -0.3 is 14.2 Å². The number of cyclic esters (lactones) is 1. The molecule has 0 N–H and O–H groups in total. The van der Waals surface area contributed by atoms with Gasteiger partial charge in [-0.2, -0.15) is 0 Å². The van der Waals surface area contributed by atoms with Gasteiger partial charge in [0.15, 0.2) is 5.75 Å². The van der Waals surface area contributed by atoms with Gasteiger partial charge in [0.1, 0.15) is 11.3 Å². The zero-order chi connectivity index (χ0) is 14.8. The molecule has 1 aromatic rings. The Balaban J connectivity index is 2.26. The van der Waals surface area contributed by atoms with Gasteiger partial charge in [-0.25, -0.2) is 4.79 Å². The van der Waals surface area contributed by atoms with Gasteiger partial charge >= 0.3 is 5.97 Å². The second-order valence-corrected chi connectivity index (χ2v) is 6.05. The van der Waals surface area contributed by atoms with Crippen LogP contribution in [0.15, 0.2) is 16.6 Å². The lowest BCUT2D eigenvalue weighted by Crippen LogP contribution is -2.39. The van der Waals surface area contributed by atoms with Crippen molar-refractivity contribution >= 4 is 21.9 Å². The van der Waals surface area contributed by atoms with Crippen molar-refractivity contribution in [2.24, 2.45) is 0 Å². The number of unbranched alkanes of at least 4 members (excludes halogenated alkanes) is 2. The molecule has 0 radical (unpaired) electrons. The Morgan fingerprint density at radius 2 is 2.00 bits per heavy atom. The van der Waals surface area contributed by atoms with Crippen LogP contribution in [0.5, 0.6) is 11.5 Å². The van der Waals surface area contributed by atoms with E-state index in [4.69, 9.17) is 14.2 Å². The fourth-order valence-electron chi connectivity index (χ4n) is 2.03. The summed E-state index contributed by atoms with van der Waals surface area (Å²) in [5.74, 6) is -0.380. The maximum absolute atomic E-state index is 12.2. The van der Waals surface area contributed by atoms with Crippen molar-refractivity contribution in [2.45, 2.75) is 45.8 Å². The highest BCUT2D eigenvalue weighted by molar-refractivity contribution is 9.10. The molecular weight excluding hydrogens is 324 g/mol. The van der Waals surface area contributed by atoms with Gasteiger partial charge in [0.2, 0.25) is 5.79 Å². The number of carbonyl (C=O) groups is 1. The van der Waals surface area contributed by atoms with E-state index in [-0.39, 0.29) is 0 Å². The predicted molar refractivity (Wildman–Crippen MR) is 79.3 cm³/mol. The number of hydrogen-bond acceptors (Lipinski definition) is 4. The van der Waals surface area contributed by atoms with E-state index in [0.717, 1.165) is 23.7 Å². The minimum absolute atomic E-state index is 0.357. The largest absolute Gasteiger partial charge is 0.493 e. The molecule has 0 aromatic heterocycles. The third kappa shape index (κ3) is 3.26. The summed E-state index contributed by atoms with van der Waals surface area (Å²) in [6, 6.07) is 3.58. The second kappa shape index (κ2) is 6.04. The molecule has 0 saturated carbocycles. The third-order valence-electron chi connectivity index (χ3n) is 2.97. The second-order valence-electron chi connectivity index (χ2n) is 5.20. The minimum Gasteiger partial charge on any atom is -0.493 e. The van der Waals surface area contributed by atoms with Gasteiger partial charge in [0.05, 0.1) is 11.1 Å². The lowest BCUT2D eigenvalue weighted by molar-refractivity contribution is -0.128. The first-order valence-corrected chi connectivity index (χ1v) is 7.61. The van der Waals surface area contributed by atoms with Crippen LogP contribution in [0.4, 0.5) is 0 Å². The van der Waals surface area contributed by atoms with E-state index >= 15 is 0 Å². The molecule has 0 amide bonds. The van der Waals surface area contributed by atoms with Gasteiger partial charge in [-0.3, -0.25) is 0 Å². The summed E-state index contributed by atoms with van der Waals surface area (Å²) in [4.78, 5) is 12.2. The summed E-state index contributed by atoms with van der Waals surface area (Å²) >= 11 is 3.40. The SMILES string of the molecule is CCCCCOc1ccc(Br)c2c1C(=O)OC(C)(C)O2. The number of fused-ring (bicyclic) bond motifs is 1. The van der Waals surface area contributed by atoms with E-state index in [2.05, 4.69) is 22.9 Å². The van der Waals surface area contributed by atoms with Crippen molar-refractivity contribution in [2.75, 3.05) is 6.61 Å². The number of rotatable bonds is 5. The number of carbonyl (C=O) groups excluding carboxylic acids is 1. The lowest BCUT2D eigenvalue weighted by Gasteiger charge is -2.32. The van der Waals surface area contributed by atoms with E-state index in [1.165, 1.54) is 0 Å². The smallest absolute Gasteiger partial charge is 0.349 e. The van der Waals surface area contributed by atoms with Crippen molar-refractivity contribution < 1.29 is 19.0 Å². The fourth-order valence-corrected chi connectivity index (χ4v) is 2.44. The lowest BCUT2D eigenvalue weighted by atomic mass is 10.1. The molecule has 1 heterocycles. The Morgan fingerprint density at radius 1 is 1.25 bits per heavy atom. The monoisotopic (exact) mass is 342 g/mol. The van der Waals surface area contributed by atoms with Crippen LogP contribution in [0.3, 0.4) is 0 Å². The maximum Gasteiger partial charge on any atom is 0.349 e. The van der Waals surface area contributed by atoms with Crippen molar-refractivity contribution in [1.82, 2.24) is 0 Å². The van der Waals surface area contributed by atoms with E-state index in [0.29, 0.717) is 23.7 Å². The predicted octanol–water partition coefficient (Wildman–Crippen LogP) is 4.30. The third-order valence-corrected chi connectivity index (χ3v) is 3.59. The molecule has 0 aliphatic carbocycles. The van der Waals surface area contributed by atoms with Gasteiger partial charge in [-0.15, -0.1) is 0 Å². The molecule has 1 aliphatic heterocycles. The van der Waals surface area contributed by atoms with Crippen molar-refractivity contribution in [3.8, 4) is 11.5 Å². The molecule has 4 nitrogen and oxygen atoms in total. The Bertz CT molecular complexity index is 511. The molecule has 0 atom stereocenters. The normalized spacial score (nSPS) is 16.1. The topological polar surface area (TPSA) is 44.8 Å². The van der Waals surface area contributed by atoms with E-state index in [9.17, 15) is 4.79 Å². The number of ether oxygens (including phenoxy) is 3. The number of benzene rings is 1. The summed E-state index contributed by atoms with van der Waals surface area (Å²) in [5.41, 5.74) is 0.357. The van der Waals surface area contributed by atoms with Crippen LogP contribution in [0.2, 0.25) is 0 Å². The number of halogens is 1. The molecule has 20 heavy (non-hydrogen) atoms. The molecule has 110 valence electrons. The first-order valence-electron chi connectivity index (χ1n) is 6.82. The van der Waals surface area contributed by atoms with Crippen LogP contribution < -0.4 is 9.47 Å². The highest BCUT2D eigenvalue weighted by atomic mass is 79.9. The molecule has 0 saturated heterocycles. The van der Waals surface area contributed by atoms with Crippen molar-refractivity contribution in [3.05, 3.63) is 22.2 Å². The number of hydrogen-bond donors (Lipinski definition) is 0. The zero-order valence-corrected chi connectivity index (χ0v) is 13.6. The maximum atomic E-state index is 12.2. The highest BCUT2D eigenvalue weighted by Crippen LogP contribution is 2.42. The zero-order valence-electron chi connectivity index (χ0n) is 12.0. The van der Waals surface area contributed by atoms with Crippen LogP contribution in [-0.2, 0) is 4.74 Å². The summed E-state index contributed by atoms with van der Waals surface area (Å²) in [6.07, 6.45) is 3.19. The Labute approximate surface area is 127 Å². The molecule has 5 heteroatoms. The molecule has 0 unspecified atom stereocenters. The number of esters is 1. The summed E-state index contributed by atoms with van der Waals surface area (Å²) in [6.45, 7) is 6.12. The molecular formula is C15H19BrO4. The van der Waals surface area contributed by atoms with Crippen molar-refractivity contribution in [1.29, 1.82) is 0 Å². The van der Waals surface area contributed by atoms with Gasteiger partial charge in [0, 0.05) is 13.8 Å². The molecule has 2 rings (SSSR count). The van der Waals surface area contributed by atoms with Gasteiger partial charge in [0.25, 0.3) is 0 Å². The molecule has 1 aliphatic rings. The Kier molecular flexibility index (Phi) is 4.58. The average Bonchev–Trinajstić information content (AvgIpc) is 2.36. The molecule has 0 bridgehead atoms. The first-order chi connectivity index (χ1) is 9.44. The summed E-state index contributed by atoms with van der Waals surface area (Å²) in [5, 5.41) is 0. The standard InChI is InChI=1S/C15H19BrO4/c1-4-5-6-9-18-11-8-7-10(16)13-12(11)14(17)20-15(2,3)19-13/h7-8H,4-6,9H2,1-3H3. The molecule has 0 spiro atoms. The first kappa shape index (κ1) is 15.2. The van der Waals surface area contributed by atoms with Gasteiger partial charge in [-0.05, 0) is 34.5 Å². The van der Waals surface area contributed by atoms with E-state index < -0.39 is 11.8 Å². The van der Waals surface area contributed by atoms with Crippen LogP contribution >= 0.6 is 15.9 Å². The Hall–Kier alpha value is -1.23. The van der Waals surface area contributed by atoms with Crippen LogP contribution in [0.25, 0.3) is 0 Å². The highest BCUT2D eigenvalue weighted by Gasteiger charge is 2.37. The van der Waals surface area contributed by atoms with Crippen LogP contribution in [0.1, 0.15) is 50.4 Å². The minimum atomic E-state index is -0.965. The quantitative estimate of drug-likeness (QED) is 0.591. The Morgan fingerprint density at radius 3 is 2.70 bits per heavy atom. The molecule has 0 fully saturated rings. The van der Waals surface area contributed by atoms with Gasteiger partial charge in [-0.1, -0.05) is 19.8 Å².